The number of hydrogen-bond donors (Lipinski definition) is 3. The summed E-state index contributed by atoms with van der Waals surface area (Å²) in [6.07, 6.45) is -0.856. The van der Waals surface area contributed by atoms with Crippen molar-refractivity contribution in [2.24, 2.45) is 28.8 Å². The van der Waals surface area contributed by atoms with Crippen molar-refractivity contribution < 1.29 is 58.0 Å². The molecule has 19 nitrogen and oxygen atoms in total. The van der Waals surface area contributed by atoms with Gasteiger partial charge < -0.3 is 44.0 Å². The molecule has 0 amide bonds. The number of likely N-dealkylation sites (tertiary alicyclic amines) is 1. The first-order valence-electron chi connectivity index (χ1n) is 24.4. The molecule has 4 fully saturated rings. The number of piperidine rings is 1. The molecule has 1 aromatic heterocycles. The molecular weight excluding hydrogens is 886 g/mol. The molecule has 2 bridgehead atoms. The number of nitro groups is 1. The van der Waals surface area contributed by atoms with E-state index in [-0.39, 0.29) is 37.3 Å². The number of rotatable bonds is 16. The number of cyclic esters (lactones) is 1. The number of non-ortho nitro benzene ring substituents is 1. The molecule has 4 saturated heterocycles. The maximum atomic E-state index is 14.4. The van der Waals surface area contributed by atoms with E-state index in [1.807, 2.05) is 32.0 Å². The topological polar surface area (TPSA) is 234 Å². The van der Waals surface area contributed by atoms with Gasteiger partial charge in [-0.25, -0.2) is 0 Å². The number of Topliss-reactive ketones (excluding diaryl/α,β-unsaturated/α-hetero) is 1. The van der Waals surface area contributed by atoms with Crippen LogP contribution in [0.15, 0.2) is 35.6 Å². The number of benzene rings is 1. The van der Waals surface area contributed by atoms with Crippen molar-refractivity contribution in [2.75, 3.05) is 46.5 Å². The van der Waals surface area contributed by atoms with Crippen molar-refractivity contribution in [1.82, 2.24) is 24.8 Å². The van der Waals surface area contributed by atoms with Crippen LogP contribution in [0.1, 0.15) is 98.2 Å². The van der Waals surface area contributed by atoms with Gasteiger partial charge in [-0.1, -0.05) is 43.3 Å². The van der Waals surface area contributed by atoms with Gasteiger partial charge in [0.25, 0.3) is 5.69 Å². The van der Waals surface area contributed by atoms with Crippen LogP contribution in [-0.2, 0) is 52.8 Å². The third kappa shape index (κ3) is 12.6. The minimum absolute atomic E-state index is 0.0362. The summed E-state index contributed by atoms with van der Waals surface area (Å²) in [6, 6.07) is 6.00. The lowest BCUT2D eigenvalue weighted by atomic mass is 9.75. The maximum absolute atomic E-state index is 14.4. The zero-order chi connectivity index (χ0) is 49.5. The Morgan fingerprint density at radius 2 is 1.82 bits per heavy atom. The first kappa shape index (κ1) is 53.3. The number of esters is 1. The molecule has 68 heavy (non-hydrogen) atoms. The van der Waals surface area contributed by atoms with Gasteiger partial charge in [0.15, 0.2) is 12.1 Å². The first-order chi connectivity index (χ1) is 32.3. The number of nitrogens with zero attached hydrogens (tertiary/aromatic N) is 7. The van der Waals surface area contributed by atoms with Crippen LogP contribution >= 0.6 is 0 Å². The normalized spacial score (nSPS) is 36.2. The fraction of sp³-hybridized carbons (Fsp3) is 0.771. The van der Waals surface area contributed by atoms with E-state index in [0.717, 1.165) is 30.6 Å². The molecule has 4 aliphatic rings. The standard InChI is InChI=1S/C48H74FN7O12/c1-9-39-48(7,61)43(59)30(3)40(51-68-37-12-10-20-54(27-37)21-11-19-49)34-25-47(6,64-28-34)44(31(4)41(57)32(5)45(60)66-39)67-46-42(58)38(24-29(2)65-46)53(8)22-18-35-26-55(52-50-35)23-17-33-13-15-36(16-14-33)56(62)63/h13-16,26,29-32,34,37-39,42-44,46,58-59,61H,9-12,17-25,27-28H2,1-8H3/b51-40-/t29-,30+,31+,32-,34+,37-,38+,39-,42-,43-,44-,46+,47-,48-/m1/s1. The highest BCUT2D eigenvalue weighted by Crippen LogP contribution is 2.43. The lowest BCUT2D eigenvalue weighted by molar-refractivity contribution is -0.384. The molecule has 0 spiro atoms. The Morgan fingerprint density at radius 3 is 2.51 bits per heavy atom. The van der Waals surface area contributed by atoms with Gasteiger partial charge >= 0.3 is 5.97 Å². The summed E-state index contributed by atoms with van der Waals surface area (Å²) < 4.78 is 40.4. The molecule has 0 unspecified atom stereocenters. The van der Waals surface area contributed by atoms with E-state index in [2.05, 4.69) is 15.2 Å². The van der Waals surface area contributed by atoms with E-state index < -0.39 is 95.0 Å². The van der Waals surface area contributed by atoms with Gasteiger partial charge in [-0.15, -0.1) is 5.10 Å². The highest BCUT2D eigenvalue weighted by Gasteiger charge is 2.55. The number of ether oxygens (including phenoxy) is 4. The summed E-state index contributed by atoms with van der Waals surface area (Å²) in [7, 11) is 1.91. The second-order valence-electron chi connectivity index (χ2n) is 20.0. The van der Waals surface area contributed by atoms with Crippen molar-refractivity contribution in [3.63, 3.8) is 0 Å². The quantitative estimate of drug-likeness (QED) is 0.0931. The second kappa shape index (κ2) is 23.3. The van der Waals surface area contributed by atoms with E-state index in [9.17, 15) is 39.4 Å². The molecule has 1 aromatic carbocycles. The number of alkyl halides is 1. The number of carbonyl (C=O) groups excluding carboxylic acids is 2. The average molecular weight is 960 g/mol. The molecule has 0 aliphatic carbocycles. The van der Waals surface area contributed by atoms with Gasteiger partial charge in [-0.05, 0) is 91.8 Å². The predicted molar refractivity (Wildman–Crippen MR) is 247 cm³/mol. The van der Waals surface area contributed by atoms with Crippen molar-refractivity contribution in [2.45, 2.75) is 167 Å². The zero-order valence-electron chi connectivity index (χ0n) is 40.9. The Morgan fingerprint density at radius 1 is 1.09 bits per heavy atom. The molecule has 3 N–H and O–H groups in total. The molecule has 5 heterocycles. The van der Waals surface area contributed by atoms with Gasteiger partial charge in [0.05, 0.1) is 53.5 Å². The monoisotopic (exact) mass is 960 g/mol. The number of aliphatic hydroxyl groups is 3. The molecule has 380 valence electrons. The van der Waals surface area contributed by atoms with Crippen LogP contribution < -0.4 is 0 Å². The Labute approximate surface area is 398 Å². The summed E-state index contributed by atoms with van der Waals surface area (Å²) in [5.74, 6) is -4.90. The van der Waals surface area contributed by atoms with E-state index in [1.165, 1.54) is 26.0 Å². The van der Waals surface area contributed by atoms with E-state index in [0.29, 0.717) is 57.6 Å². The van der Waals surface area contributed by atoms with Crippen molar-refractivity contribution in [1.29, 1.82) is 0 Å². The Balaban J connectivity index is 1.21. The van der Waals surface area contributed by atoms with Gasteiger partial charge in [-0.3, -0.25) is 33.7 Å². The summed E-state index contributed by atoms with van der Waals surface area (Å²) >= 11 is 0. The molecule has 20 heteroatoms. The number of fused-ring (bicyclic) bond motifs is 2. The number of aliphatic hydroxyl groups excluding tert-OH is 2. The van der Waals surface area contributed by atoms with Crippen LogP contribution in [0.2, 0.25) is 0 Å². The van der Waals surface area contributed by atoms with Gasteiger partial charge in [0.2, 0.25) is 0 Å². The molecule has 0 saturated carbocycles. The minimum Gasteiger partial charge on any atom is -0.459 e. The minimum atomic E-state index is -1.95. The number of hydrogen-bond acceptors (Lipinski definition) is 17. The molecule has 0 radical (unpaired) electrons. The highest BCUT2D eigenvalue weighted by molar-refractivity contribution is 6.00. The number of carbonyl (C=O) groups is 2. The number of likely N-dealkylation sites (N-methyl/N-ethyl adjacent to an activating group) is 1. The Kier molecular flexibility index (Phi) is 18.2. The van der Waals surface area contributed by atoms with Gasteiger partial charge in [-0.2, -0.15) is 0 Å². The number of oxime groups is 1. The lowest BCUT2D eigenvalue weighted by Crippen LogP contribution is -2.59. The van der Waals surface area contributed by atoms with E-state index in [1.54, 1.807) is 37.6 Å². The number of nitro benzene ring substituents is 1. The van der Waals surface area contributed by atoms with Crippen LogP contribution in [0.4, 0.5) is 10.1 Å². The molecule has 4 aliphatic heterocycles. The van der Waals surface area contributed by atoms with Crippen molar-refractivity contribution in [3.05, 3.63) is 51.8 Å². The maximum Gasteiger partial charge on any atom is 0.316 e. The zero-order valence-corrected chi connectivity index (χ0v) is 40.9. The summed E-state index contributed by atoms with van der Waals surface area (Å²) in [5.41, 5.74) is -1.00. The second-order valence-corrected chi connectivity index (χ2v) is 20.0. The van der Waals surface area contributed by atoms with Gasteiger partial charge in [0.1, 0.15) is 29.8 Å². The molecule has 6 rings (SSSR count). The summed E-state index contributed by atoms with van der Waals surface area (Å²) in [6.45, 7) is 14.4. The largest absolute Gasteiger partial charge is 0.459 e. The van der Waals surface area contributed by atoms with E-state index >= 15 is 0 Å². The average Bonchev–Trinajstić information content (AvgIpc) is 3.96. The highest BCUT2D eigenvalue weighted by atomic mass is 19.1. The summed E-state index contributed by atoms with van der Waals surface area (Å²) in [5, 5.41) is 60.3. The van der Waals surface area contributed by atoms with Crippen LogP contribution in [0.25, 0.3) is 0 Å². The SMILES string of the molecule is CC[C@H]1OC(=O)[C@H](C)C(=O)[C@H](C)[C@@H](O[C@@H]2O[C@H](C)C[C@H](N(C)CCc3cn(CCc4ccc([N+](=O)[O-])cc4)nn3)[C@H]2O)[C@@]2(C)C[C@@H](CO2)/C(=N\O[C@@H]2CCCN(CCCF)C2)[C@H](C)[C@@H](O)[C@]1(C)O. The first-order valence-corrected chi connectivity index (χ1v) is 24.4. The third-order valence-corrected chi connectivity index (χ3v) is 14.7. The molecule has 2 aromatic rings. The van der Waals surface area contributed by atoms with Crippen molar-refractivity contribution >= 4 is 23.2 Å². The predicted octanol–water partition coefficient (Wildman–Crippen LogP) is 4.07. The van der Waals surface area contributed by atoms with Crippen LogP contribution in [0, 0.1) is 33.8 Å². The fourth-order valence-electron chi connectivity index (χ4n) is 10.5. The Bertz CT molecular complexity index is 2030. The van der Waals surface area contributed by atoms with E-state index in [4.69, 9.17) is 28.9 Å². The number of aromatic nitrogens is 3. The number of halogens is 1. The number of ketones is 1. The van der Waals surface area contributed by atoms with Crippen LogP contribution in [0.3, 0.4) is 0 Å². The third-order valence-electron chi connectivity index (χ3n) is 14.7. The van der Waals surface area contributed by atoms with Gasteiger partial charge in [0, 0.05) is 74.7 Å². The molecule has 14 atom stereocenters. The van der Waals surface area contributed by atoms with Crippen LogP contribution in [0.5, 0.6) is 0 Å². The van der Waals surface area contributed by atoms with Crippen LogP contribution in [-0.4, -0.2) is 169 Å². The Hall–Kier alpha value is -4.02. The smallest absolute Gasteiger partial charge is 0.316 e. The molecular formula is C48H74FN7O12. The summed E-state index contributed by atoms with van der Waals surface area (Å²) in [4.78, 5) is 49.2. The van der Waals surface area contributed by atoms with Crippen molar-refractivity contribution in [3.8, 4) is 0 Å². The number of aryl methyl sites for hydroxylation is 2. The lowest BCUT2D eigenvalue weighted by Gasteiger charge is -2.46. The fourth-order valence-corrected chi connectivity index (χ4v) is 10.5.